The van der Waals surface area contributed by atoms with E-state index in [-0.39, 0.29) is 0 Å². The Morgan fingerprint density at radius 3 is 2.88 bits per heavy atom. The molecule has 0 saturated heterocycles. The van der Waals surface area contributed by atoms with Gasteiger partial charge in [-0.25, -0.2) is 4.98 Å². The molecule has 3 rings (SSSR count). The SMILES string of the molecule is Cc1nn(C)cc1-c1cnc2c(Cl)cccn12. The number of pyridine rings is 1. The van der Waals surface area contributed by atoms with E-state index in [1.165, 1.54) is 0 Å². The number of hydrogen-bond acceptors (Lipinski definition) is 2. The molecular formula is C12H11ClN4. The second kappa shape index (κ2) is 3.60. The first kappa shape index (κ1) is 10.4. The van der Waals surface area contributed by atoms with Crippen molar-refractivity contribution in [1.29, 1.82) is 0 Å². The molecule has 0 amide bonds. The number of rotatable bonds is 1. The maximum Gasteiger partial charge on any atom is 0.156 e. The first-order valence-electron chi connectivity index (χ1n) is 5.29. The highest BCUT2D eigenvalue weighted by Gasteiger charge is 2.12. The van der Waals surface area contributed by atoms with E-state index in [1.54, 1.807) is 4.68 Å². The monoisotopic (exact) mass is 246 g/mol. The average molecular weight is 247 g/mol. The fourth-order valence-corrected chi connectivity index (χ4v) is 2.24. The van der Waals surface area contributed by atoms with Crippen molar-refractivity contribution in [3.8, 4) is 11.3 Å². The smallest absolute Gasteiger partial charge is 0.156 e. The highest BCUT2D eigenvalue weighted by Crippen LogP contribution is 2.25. The third kappa shape index (κ3) is 1.52. The van der Waals surface area contributed by atoms with Gasteiger partial charge in [-0.3, -0.25) is 9.08 Å². The summed E-state index contributed by atoms with van der Waals surface area (Å²) >= 11 is 6.10. The Morgan fingerprint density at radius 2 is 2.18 bits per heavy atom. The second-order valence-electron chi connectivity index (χ2n) is 4.00. The zero-order chi connectivity index (χ0) is 12.0. The number of imidazole rings is 1. The van der Waals surface area contributed by atoms with Crippen LogP contribution in [-0.4, -0.2) is 19.2 Å². The van der Waals surface area contributed by atoms with Crippen LogP contribution in [0.4, 0.5) is 0 Å². The van der Waals surface area contributed by atoms with Crippen LogP contribution in [0.15, 0.2) is 30.7 Å². The van der Waals surface area contributed by atoms with E-state index in [9.17, 15) is 0 Å². The van der Waals surface area contributed by atoms with Gasteiger partial charge in [0.2, 0.25) is 0 Å². The average Bonchev–Trinajstić information content (AvgIpc) is 2.83. The van der Waals surface area contributed by atoms with E-state index >= 15 is 0 Å². The number of aromatic nitrogens is 4. The third-order valence-corrected chi connectivity index (χ3v) is 3.07. The van der Waals surface area contributed by atoms with Crippen molar-refractivity contribution in [2.75, 3.05) is 0 Å². The summed E-state index contributed by atoms with van der Waals surface area (Å²) in [5.41, 5.74) is 3.83. The summed E-state index contributed by atoms with van der Waals surface area (Å²) in [4.78, 5) is 4.34. The Balaban J connectivity index is 2.32. The summed E-state index contributed by atoms with van der Waals surface area (Å²) in [5.74, 6) is 0. The van der Waals surface area contributed by atoms with Crippen molar-refractivity contribution in [2.45, 2.75) is 6.92 Å². The van der Waals surface area contributed by atoms with Crippen molar-refractivity contribution in [2.24, 2.45) is 7.05 Å². The van der Waals surface area contributed by atoms with Crippen LogP contribution < -0.4 is 0 Å². The van der Waals surface area contributed by atoms with Crippen LogP contribution in [0.2, 0.25) is 5.02 Å². The van der Waals surface area contributed by atoms with E-state index in [1.807, 2.05) is 49.1 Å². The second-order valence-corrected chi connectivity index (χ2v) is 4.40. The zero-order valence-electron chi connectivity index (χ0n) is 9.55. The largest absolute Gasteiger partial charge is 0.298 e. The molecule has 86 valence electrons. The lowest BCUT2D eigenvalue weighted by Crippen LogP contribution is -1.88. The van der Waals surface area contributed by atoms with Crippen molar-refractivity contribution < 1.29 is 0 Å². The molecule has 3 heterocycles. The summed E-state index contributed by atoms with van der Waals surface area (Å²) in [5, 5.41) is 4.99. The molecule has 5 heteroatoms. The van der Waals surface area contributed by atoms with Gasteiger partial charge in [0.25, 0.3) is 0 Å². The van der Waals surface area contributed by atoms with Gasteiger partial charge >= 0.3 is 0 Å². The van der Waals surface area contributed by atoms with Gasteiger partial charge in [-0.1, -0.05) is 11.6 Å². The molecule has 4 nitrogen and oxygen atoms in total. The lowest BCUT2D eigenvalue weighted by atomic mass is 10.2. The fraction of sp³-hybridized carbons (Fsp3) is 0.167. The van der Waals surface area contributed by atoms with Crippen LogP contribution in [0.1, 0.15) is 5.69 Å². The molecule has 0 aromatic carbocycles. The molecule has 3 aromatic heterocycles. The quantitative estimate of drug-likeness (QED) is 0.662. The normalized spacial score (nSPS) is 11.2. The Morgan fingerprint density at radius 1 is 1.35 bits per heavy atom. The van der Waals surface area contributed by atoms with E-state index in [2.05, 4.69) is 10.1 Å². The van der Waals surface area contributed by atoms with E-state index in [0.717, 1.165) is 22.6 Å². The van der Waals surface area contributed by atoms with Gasteiger partial charge in [-0.15, -0.1) is 0 Å². The lowest BCUT2D eigenvalue weighted by molar-refractivity contribution is 0.756. The van der Waals surface area contributed by atoms with Crippen LogP contribution in [0, 0.1) is 6.92 Å². The van der Waals surface area contributed by atoms with Crippen molar-refractivity contribution in [1.82, 2.24) is 19.2 Å². The molecule has 0 aliphatic heterocycles. The van der Waals surface area contributed by atoms with Crippen molar-refractivity contribution in [3.05, 3.63) is 41.4 Å². The van der Waals surface area contributed by atoms with E-state index in [0.29, 0.717) is 5.02 Å². The molecule has 0 radical (unpaired) electrons. The lowest BCUT2D eigenvalue weighted by Gasteiger charge is -2.00. The number of fused-ring (bicyclic) bond motifs is 1. The molecule has 0 aliphatic rings. The minimum Gasteiger partial charge on any atom is -0.298 e. The number of halogens is 1. The van der Waals surface area contributed by atoms with Gasteiger partial charge in [0.1, 0.15) is 0 Å². The van der Waals surface area contributed by atoms with Crippen LogP contribution in [0.25, 0.3) is 16.9 Å². The van der Waals surface area contributed by atoms with Gasteiger partial charge in [0.15, 0.2) is 5.65 Å². The molecular weight excluding hydrogens is 236 g/mol. The first-order chi connectivity index (χ1) is 8.16. The summed E-state index contributed by atoms with van der Waals surface area (Å²) in [6, 6.07) is 3.75. The molecule has 0 spiro atoms. The highest BCUT2D eigenvalue weighted by atomic mass is 35.5. The van der Waals surface area contributed by atoms with Crippen molar-refractivity contribution >= 4 is 17.2 Å². The predicted octanol–water partition coefficient (Wildman–Crippen LogP) is 2.70. The van der Waals surface area contributed by atoms with Gasteiger partial charge in [0.05, 0.1) is 22.6 Å². The standard InChI is InChI=1S/C12H11ClN4/c1-8-9(7-16(2)15-8)11-6-14-12-10(13)4-3-5-17(11)12/h3-7H,1-2H3. The van der Waals surface area contributed by atoms with Crippen LogP contribution in [0.5, 0.6) is 0 Å². The maximum absolute atomic E-state index is 6.10. The van der Waals surface area contributed by atoms with Gasteiger partial charge < -0.3 is 0 Å². The number of nitrogens with zero attached hydrogens (tertiary/aromatic N) is 4. The molecule has 3 aromatic rings. The molecule has 0 atom stereocenters. The van der Waals surface area contributed by atoms with Gasteiger partial charge in [-0.2, -0.15) is 5.10 Å². The minimum absolute atomic E-state index is 0.653. The van der Waals surface area contributed by atoms with Crippen LogP contribution >= 0.6 is 11.6 Å². The Labute approximate surface area is 103 Å². The topological polar surface area (TPSA) is 35.1 Å². The molecule has 17 heavy (non-hydrogen) atoms. The molecule has 0 unspecified atom stereocenters. The molecule has 0 N–H and O–H groups in total. The van der Waals surface area contributed by atoms with Crippen LogP contribution in [0.3, 0.4) is 0 Å². The molecule has 0 aliphatic carbocycles. The van der Waals surface area contributed by atoms with Crippen LogP contribution in [-0.2, 0) is 7.05 Å². The zero-order valence-corrected chi connectivity index (χ0v) is 10.3. The van der Waals surface area contributed by atoms with E-state index < -0.39 is 0 Å². The third-order valence-electron chi connectivity index (χ3n) is 2.78. The van der Waals surface area contributed by atoms with E-state index in [4.69, 9.17) is 11.6 Å². The molecule has 0 saturated carbocycles. The fourth-order valence-electron chi connectivity index (χ4n) is 2.03. The maximum atomic E-state index is 6.10. The molecule has 0 bridgehead atoms. The summed E-state index contributed by atoms with van der Waals surface area (Å²) < 4.78 is 3.78. The number of hydrogen-bond donors (Lipinski definition) is 0. The summed E-state index contributed by atoms with van der Waals surface area (Å²) in [7, 11) is 1.91. The summed E-state index contributed by atoms with van der Waals surface area (Å²) in [6.45, 7) is 1.99. The first-order valence-corrected chi connectivity index (χ1v) is 5.67. The van der Waals surface area contributed by atoms with Gasteiger partial charge in [-0.05, 0) is 19.1 Å². The summed E-state index contributed by atoms with van der Waals surface area (Å²) in [6.07, 6.45) is 5.76. The predicted molar refractivity (Wildman–Crippen MR) is 67.1 cm³/mol. The van der Waals surface area contributed by atoms with Crippen molar-refractivity contribution in [3.63, 3.8) is 0 Å². The molecule has 0 fully saturated rings. The number of aryl methyl sites for hydroxylation is 2. The minimum atomic E-state index is 0.653. The van der Waals surface area contributed by atoms with Gasteiger partial charge in [0, 0.05) is 25.0 Å². The highest BCUT2D eigenvalue weighted by molar-refractivity contribution is 6.33. The Hall–Kier alpha value is -1.81. The Bertz CT molecular complexity index is 696. The Kier molecular flexibility index (Phi) is 2.19.